The minimum Gasteiger partial charge on any atom is -0.295 e. The first kappa shape index (κ1) is 17.6. The van der Waals surface area contributed by atoms with Gasteiger partial charge in [-0.15, -0.1) is 5.23 Å². The van der Waals surface area contributed by atoms with Crippen LogP contribution in [0.15, 0.2) is 18.3 Å². The lowest BCUT2D eigenvalue weighted by molar-refractivity contribution is -0.0274. The standard InChI is InChI=1S/C16H25N3O4S/c1-15(2)16(3,4)23-19(22-15)14-6-5-13(17-11-14)12-18-7-9-24(20,21)10-8-18/h5-6,11H,7-10,12H2,1-4H3. The summed E-state index contributed by atoms with van der Waals surface area (Å²) in [6, 6.07) is 3.82. The van der Waals surface area contributed by atoms with Crippen molar-refractivity contribution in [3.05, 3.63) is 24.0 Å². The van der Waals surface area contributed by atoms with E-state index in [2.05, 4.69) is 9.88 Å². The molecule has 0 unspecified atom stereocenters. The number of hydrogen-bond donors (Lipinski definition) is 0. The maximum Gasteiger partial charge on any atom is 0.152 e. The van der Waals surface area contributed by atoms with Gasteiger partial charge >= 0.3 is 0 Å². The number of rotatable bonds is 3. The molecule has 3 heterocycles. The average molecular weight is 355 g/mol. The Balaban J connectivity index is 1.62. The molecule has 0 atom stereocenters. The van der Waals surface area contributed by atoms with Crippen molar-refractivity contribution in [1.82, 2.24) is 9.88 Å². The van der Waals surface area contributed by atoms with Gasteiger partial charge in [0.25, 0.3) is 0 Å². The Kier molecular flexibility index (Phi) is 4.36. The monoisotopic (exact) mass is 355 g/mol. The second-order valence-electron chi connectivity index (χ2n) is 7.40. The third-order valence-corrected chi connectivity index (χ3v) is 6.52. The highest BCUT2D eigenvalue weighted by molar-refractivity contribution is 7.91. The number of hydrogen-bond acceptors (Lipinski definition) is 7. The number of aromatic nitrogens is 1. The molecule has 0 aromatic carbocycles. The van der Waals surface area contributed by atoms with Crippen LogP contribution in [-0.4, -0.2) is 54.1 Å². The summed E-state index contributed by atoms with van der Waals surface area (Å²) in [4.78, 5) is 18.3. The SMILES string of the molecule is CC1(C)ON(c2ccc(CN3CCS(=O)(=O)CC3)nc2)OC1(C)C. The molecule has 2 saturated heterocycles. The van der Waals surface area contributed by atoms with Crippen molar-refractivity contribution in [3.8, 4) is 0 Å². The summed E-state index contributed by atoms with van der Waals surface area (Å²) in [6.45, 7) is 9.71. The molecule has 2 aliphatic heterocycles. The van der Waals surface area contributed by atoms with Crippen molar-refractivity contribution >= 4 is 15.5 Å². The molecule has 24 heavy (non-hydrogen) atoms. The molecule has 2 fully saturated rings. The zero-order chi connectivity index (χ0) is 17.6. The molecule has 8 heteroatoms. The maximum atomic E-state index is 11.5. The lowest BCUT2D eigenvalue weighted by Gasteiger charge is -2.26. The van der Waals surface area contributed by atoms with E-state index in [0.29, 0.717) is 19.6 Å². The molecule has 0 aliphatic carbocycles. The Morgan fingerprint density at radius 1 is 1.08 bits per heavy atom. The third-order valence-electron chi connectivity index (χ3n) is 4.91. The molecule has 134 valence electrons. The molecular weight excluding hydrogens is 330 g/mol. The third kappa shape index (κ3) is 3.56. The number of anilines is 1. The lowest BCUT2D eigenvalue weighted by atomic mass is 9.90. The van der Waals surface area contributed by atoms with E-state index < -0.39 is 21.0 Å². The number of sulfone groups is 1. The first-order valence-electron chi connectivity index (χ1n) is 8.14. The zero-order valence-corrected chi connectivity index (χ0v) is 15.5. The Hall–Kier alpha value is -1.22. The van der Waals surface area contributed by atoms with Gasteiger partial charge in [0.05, 0.1) is 23.4 Å². The van der Waals surface area contributed by atoms with Gasteiger partial charge in [0, 0.05) is 19.6 Å². The van der Waals surface area contributed by atoms with Crippen LogP contribution in [0.25, 0.3) is 0 Å². The summed E-state index contributed by atoms with van der Waals surface area (Å²) >= 11 is 0. The van der Waals surface area contributed by atoms with Gasteiger partial charge in [0.1, 0.15) is 16.9 Å². The molecule has 1 aromatic heterocycles. The van der Waals surface area contributed by atoms with Crippen molar-refractivity contribution < 1.29 is 18.1 Å². The van der Waals surface area contributed by atoms with Gasteiger partial charge < -0.3 is 0 Å². The fraction of sp³-hybridized carbons (Fsp3) is 0.688. The van der Waals surface area contributed by atoms with E-state index in [1.807, 2.05) is 39.8 Å². The first-order valence-corrected chi connectivity index (χ1v) is 9.96. The van der Waals surface area contributed by atoms with Crippen LogP contribution in [0, 0.1) is 0 Å². The van der Waals surface area contributed by atoms with E-state index in [9.17, 15) is 8.42 Å². The summed E-state index contributed by atoms with van der Waals surface area (Å²) < 4.78 is 22.9. The smallest absolute Gasteiger partial charge is 0.152 e. The topological polar surface area (TPSA) is 72.0 Å². The molecule has 0 spiro atoms. The molecule has 7 nitrogen and oxygen atoms in total. The summed E-state index contributed by atoms with van der Waals surface area (Å²) in [7, 11) is -2.85. The number of nitrogens with zero attached hydrogens (tertiary/aromatic N) is 3. The second kappa shape index (κ2) is 5.94. The Morgan fingerprint density at radius 3 is 2.17 bits per heavy atom. The maximum absolute atomic E-state index is 11.5. The van der Waals surface area contributed by atoms with Gasteiger partial charge in [-0.05, 0) is 39.8 Å². The molecule has 0 radical (unpaired) electrons. The van der Waals surface area contributed by atoms with E-state index >= 15 is 0 Å². The normalized spacial score (nSPS) is 25.8. The van der Waals surface area contributed by atoms with E-state index in [1.54, 1.807) is 6.20 Å². The molecule has 0 saturated carbocycles. The minimum atomic E-state index is -2.85. The molecule has 3 rings (SSSR count). The summed E-state index contributed by atoms with van der Waals surface area (Å²) in [5.41, 5.74) is 0.755. The predicted molar refractivity (Wildman–Crippen MR) is 91.0 cm³/mol. The van der Waals surface area contributed by atoms with Gasteiger partial charge in [-0.2, -0.15) is 0 Å². The van der Waals surface area contributed by atoms with Gasteiger partial charge in [-0.25, -0.2) is 18.1 Å². The van der Waals surface area contributed by atoms with E-state index in [0.717, 1.165) is 11.4 Å². The van der Waals surface area contributed by atoms with Crippen LogP contribution >= 0.6 is 0 Å². The van der Waals surface area contributed by atoms with Crippen LogP contribution in [0.2, 0.25) is 0 Å². The van der Waals surface area contributed by atoms with Crippen molar-refractivity contribution in [2.75, 3.05) is 29.8 Å². The van der Waals surface area contributed by atoms with Crippen molar-refractivity contribution in [3.63, 3.8) is 0 Å². The Bertz CT molecular complexity index is 671. The summed E-state index contributed by atoms with van der Waals surface area (Å²) in [5, 5.41) is 1.42. The first-order chi connectivity index (χ1) is 11.1. The summed E-state index contributed by atoms with van der Waals surface area (Å²) in [6.07, 6.45) is 1.72. The van der Waals surface area contributed by atoms with Crippen molar-refractivity contribution in [2.24, 2.45) is 0 Å². The van der Waals surface area contributed by atoms with Gasteiger partial charge in [-0.1, -0.05) is 0 Å². The molecule has 0 bridgehead atoms. The van der Waals surface area contributed by atoms with Gasteiger partial charge in [0.2, 0.25) is 0 Å². The van der Waals surface area contributed by atoms with Gasteiger partial charge in [0.15, 0.2) is 9.84 Å². The van der Waals surface area contributed by atoms with Gasteiger partial charge in [-0.3, -0.25) is 9.88 Å². The van der Waals surface area contributed by atoms with Crippen LogP contribution in [0.4, 0.5) is 5.69 Å². The Morgan fingerprint density at radius 2 is 1.67 bits per heavy atom. The second-order valence-corrected chi connectivity index (χ2v) is 9.70. The largest absolute Gasteiger partial charge is 0.295 e. The quantitative estimate of drug-likeness (QED) is 0.814. The highest BCUT2D eigenvalue weighted by atomic mass is 32.2. The lowest BCUT2D eigenvalue weighted by Crippen LogP contribution is -2.41. The number of pyridine rings is 1. The average Bonchev–Trinajstić information content (AvgIpc) is 2.70. The minimum absolute atomic E-state index is 0.227. The van der Waals surface area contributed by atoms with Crippen molar-refractivity contribution in [1.29, 1.82) is 0 Å². The van der Waals surface area contributed by atoms with Crippen LogP contribution in [0.1, 0.15) is 33.4 Å². The predicted octanol–water partition coefficient (Wildman–Crippen LogP) is 1.55. The molecule has 0 amide bonds. The van der Waals surface area contributed by atoms with Crippen molar-refractivity contribution in [2.45, 2.75) is 45.4 Å². The molecular formula is C16H25N3O4S. The molecule has 2 aliphatic rings. The van der Waals surface area contributed by atoms with E-state index in [1.165, 1.54) is 5.23 Å². The fourth-order valence-electron chi connectivity index (χ4n) is 2.51. The zero-order valence-electron chi connectivity index (χ0n) is 14.7. The Labute approximate surface area is 143 Å². The van der Waals surface area contributed by atoms with Crippen LogP contribution in [0.3, 0.4) is 0 Å². The van der Waals surface area contributed by atoms with Crippen LogP contribution in [-0.2, 0) is 26.1 Å². The highest BCUT2D eigenvalue weighted by Crippen LogP contribution is 2.39. The van der Waals surface area contributed by atoms with E-state index in [4.69, 9.17) is 9.68 Å². The summed E-state index contributed by atoms with van der Waals surface area (Å²) in [5.74, 6) is 0.454. The molecule has 0 N–H and O–H groups in total. The van der Waals surface area contributed by atoms with E-state index in [-0.39, 0.29) is 11.5 Å². The van der Waals surface area contributed by atoms with Crippen LogP contribution in [0.5, 0.6) is 0 Å². The highest BCUT2D eigenvalue weighted by Gasteiger charge is 2.50. The fourth-order valence-corrected chi connectivity index (χ4v) is 3.79. The van der Waals surface area contributed by atoms with Crippen LogP contribution < -0.4 is 5.23 Å². The molecule has 1 aromatic rings.